The number of rotatable bonds is 8. The van der Waals surface area contributed by atoms with Gasteiger partial charge in [-0.1, -0.05) is 24.6 Å². The van der Waals surface area contributed by atoms with Crippen LogP contribution in [0.1, 0.15) is 106 Å². The first-order valence-electron chi connectivity index (χ1n) is 21.1. The molecule has 12 nitrogen and oxygen atoms in total. The first kappa shape index (κ1) is 36.5. The lowest BCUT2D eigenvalue weighted by atomic mass is 9.40. The van der Waals surface area contributed by atoms with Crippen molar-refractivity contribution in [2.24, 2.45) is 5.41 Å². The third-order valence-electron chi connectivity index (χ3n) is 14.5. The van der Waals surface area contributed by atoms with Gasteiger partial charge in [0.2, 0.25) is 11.8 Å². The first-order chi connectivity index (χ1) is 27.4. The van der Waals surface area contributed by atoms with Crippen molar-refractivity contribution in [3.8, 4) is 11.3 Å². The van der Waals surface area contributed by atoms with Crippen LogP contribution in [0.3, 0.4) is 0 Å². The highest BCUT2D eigenvalue weighted by molar-refractivity contribution is 6.09. The minimum Gasteiger partial charge on any atom is -0.390 e. The number of fused-ring (bicyclic) bond motifs is 3. The number of pyridine rings is 1. The number of nitrogens with zero attached hydrogens (tertiary/aromatic N) is 6. The van der Waals surface area contributed by atoms with Crippen molar-refractivity contribution in [3.05, 3.63) is 65.5 Å². The summed E-state index contributed by atoms with van der Waals surface area (Å²) in [5, 5.41) is 16.7. The Morgan fingerprint density at radius 3 is 2.35 bits per heavy atom. The molecule has 0 atom stereocenters. The van der Waals surface area contributed by atoms with Gasteiger partial charge >= 0.3 is 0 Å². The molecule has 298 valence electrons. The topological polar surface area (TPSA) is 136 Å². The van der Waals surface area contributed by atoms with Gasteiger partial charge < -0.3 is 35.0 Å². The van der Waals surface area contributed by atoms with Gasteiger partial charge in [0.05, 0.1) is 34.0 Å². The number of nitrogens with one attached hydrogen (secondary N) is 2. The highest BCUT2D eigenvalue weighted by atomic mass is 16.3. The van der Waals surface area contributed by atoms with Crippen molar-refractivity contribution in [3.63, 3.8) is 0 Å². The van der Waals surface area contributed by atoms with E-state index in [0.29, 0.717) is 62.6 Å². The van der Waals surface area contributed by atoms with Crippen molar-refractivity contribution in [1.29, 1.82) is 0 Å². The normalized spacial score (nSPS) is 27.6. The number of anilines is 3. The van der Waals surface area contributed by atoms with Crippen LogP contribution in [0.2, 0.25) is 0 Å². The maximum Gasteiger partial charge on any atom is 0.251 e. The number of piperidine rings is 2. The molecule has 7 aliphatic rings. The predicted molar refractivity (Wildman–Crippen MR) is 220 cm³/mol. The van der Waals surface area contributed by atoms with Gasteiger partial charge in [-0.05, 0) is 127 Å². The van der Waals surface area contributed by atoms with Gasteiger partial charge in [-0.15, -0.1) is 0 Å². The molecule has 4 aromatic rings. The molecule has 6 fully saturated rings. The Morgan fingerprint density at radius 2 is 1.67 bits per heavy atom. The lowest BCUT2D eigenvalue weighted by Gasteiger charge is -2.67. The second-order valence-corrected chi connectivity index (χ2v) is 18.4. The smallest absolute Gasteiger partial charge is 0.251 e. The molecular weight excluding hydrogens is 717 g/mol. The standard InChI is InChI=1S/C45H54N8O4/c1-27(2)52-26-47-36-22-35(49-39(38(36)52)48-30-10-8-28(3)33(19-30)40(54)46-4)29-9-11-34-37(18-29)53(32-20-31(21-32)50-14-6-5-7-15-50)42(56)45(34)12-16-51(17-13-45)41(55)43-23-44(57,24-43)25-43/h8-11,18-19,22,26-27,31-32,57H,5-7,12-17,20-21,23-25H2,1-4H3,(H,46,54)(H,48,49). The van der Waals surface area contributed by atoms with E-state index in [0.717, 1.165) is 70.7 Å². The fourth-order valence-electron chi connectivity index (χ4n) is 11.2. The summed E-state index contributed by atoms with van der Waals surface area (Å²) in [4.78, 5) is 58.2. The number of aliphatic hydroxyl groups is 1. The predicted octanol–water partition coefficient (Wildman–Crippen LogP) is 6.23. The van der Waals surface area contributed by atoms with Crippen LogP contribution < -0.4 is 15.5 Å². The fourth-order valence-corrected chi connectivity index (χ4v) is 11.2. The highest BCUT2D eigenvalue weighted by Gasteiger charge is 2.72. The molecule has 2 saturated heterocycles. The molecule has 2 aromatic heterocycles. The van der Waals surface area contributed by atoms with E-state index >= 15 is 4.79 Å². The van der Waals surface area contributed by atoms with Crippen LogP contribution in [-0.4, -0.2) is 98.1 Å². The summed E-state index contributed by atoms with van der Waals surface area (Å²) in [7, 11) is 1.64. The summed E-state index contributed by atoms with van der Waals surface area (Å²) in [5.74, 6) is 0.833. The molecular formula is C45H54N8O4. The van der Waals surface area contributed by atoms with Crippen LogP contribution in [0.5, 0.6) is 0 Å². The Morgan fingerprint density at radius 1 is 0.930 bits per heavy atom. The number of aryl methyl sites for hydroxylation is 1. The van der Waals surface area contributed by atoms with Gasteiger partial charge in [-0.2, -0.15) is 0 Å². The van der Waals surface area contributed by atoms with Crippen molar-refractivity contribution in [2.45, 2.75) is 114 Å². The molecule has 11 rings (SSSR count). The minimum atomic E-state index is -0.674. The zero-order chi connectivity index (χ0) is 39.4. The molecule has 5 heterocycles. The molecule has 0 unspecified atom stereocenters. The van der Waals surface area contributed by atoms with E-state index in [2.05, 4.69) is 57.0 Å². The number of aromatic nitrogens is 3. The second-order valence-electron chi connectivity index (χ2n) is 18.4. The number of likely N-dealkylation sites (tertiary alicyclic amines) is 2. The summed E-state index contributed by atoms with van der Waals surface area (Å²) in [6.45, 7) is 9.55. The average Bonchev–Trinajstić information content (AvgIpc) is 3.71. The van der Waals surface area contributed by atoms with Crippen molar-refractivity contribution < 1.29 is 19.5 Å². The number of carbonyl (C=O) groups is 3. The summed E-state index contributed by atoms with van der Waals surface area (Å²) >= 11 is 0. The first-order valence-corrected chi connectivity index (χ1v) is 21.1. The SMILES string of the molecule is CNC(=O)c1cc(Nc2nc(-c3ccc4c(c3)N(C3CC(N5CCCCC5)C3)C(=O)C43CCN(C(=O)C45CC(O)(C4)C5)CC3)cc3ncn(C(C)C)c23)ccc1C. The lowest BCUT2D eigenvalue weighted by Crippen LogP contribution is -2.72. The van der Waals surface area contributed by atoms with E-state index in [1.165, 1.54) is 19.3 Å². The average molecular weight is 771 g/mol. The molecule has 2 aromatic carbocycles. The molecule has 4 aliphatic carbocycles. The number of hydrogen-bond acceptors (Lipinski definition) is 8. The number of benzene rings is 2. The van der Waals surface area contributed by atoms with Gasteiger partial charge in [-0.3, -0.25) is 14.4 Å². The number of hydrogen-bond donors (Lipinski definition) is 3. The van der Waals surface area contributed by atoms with Gasteiger partial charge in [0, 0.05) is 60.8 Å². The van der Waals surface area contributed by atoms with E-state index in [1.54, 1.807) is 7.05 Å². The summed E-state index contributed by atoms with van der Waals surface area (Å²) in [6.07, 6.45) is 10.5. The van der Waals surface area contributed by atoms with E-state index in [1.807, 2.05) is 42.4 Å². The molecule has 0 radical (unpaired) electrons. The Balaban J connectivity index is 1.01. The van der Waals surface area contributed by atoms with Gasteiger partial charge in [0.15, 0.2) is 5.82 Å². The van der Waals surface area contributed by atoms with Crippen LogP contribution >= 0.6 is 0 Å². The van der Waals surface area contributed by atoms with Crippen LogP contribution in [0.15, 0.2) is 48.8 Å². The summed E-state index contributed by atoms with van der Waals surface area (Å²) in [6, 6.07) is 15.0. The molecule has 57 heavy (non-hydrogen) atoms. The van der Waals surface area contributed by atoms with Crippen LogP contribution in [0.4, 0.5) is 17.2 Å². The molecule has 2 bridgehead atoms. The molecule has 12 heteroatoms. The zero-order valence-electron chi connectivity index (χ0n) is 33.6. The minimum absolute atomic E-state index is 0.129. The van der Waals surface area contributed by atoms with Crippen molar-refractivity contribution in [1.82, 2.24) is 29.7 Å². The molecule has 3 amide bonds. The number of amides is 3. The molecule has 1 spiro atoms. The van der Waals surface area contributed by atoms with Crippen molar-refractivity contribution in [2.75, 3.05) is 43.4 Å². The second kappa shape index (κ2) is 13.1. The summed E-state index contributed by atoms with van der Waals surface area (Å²) < 4.78 is 2.11. The Hall–Kier alpha value is -4.81. The van der Waals surface area contributed by atoms with E-state index < -0.39 is 11.0 Å². The summed E-state index contributed by atoms with van der Waals surface area (Å²) in [5.41, 5.74) is 5.91. The van der Waals surface area contributed by atoms with E-state index in [9.17, 15) is 14.7 Å². The Bertz CT molecular complexity index is 2290. The molecule has 3 aliphatic heterocycles. The largest absolute Gasteiger partial charge is 0.390 e. The number of imidazole rings is 1. The maximum atomic E-state index is 15.0. The maximum absolute atomic E-state index is 15.0. The van der Waals surface area contributed by atoms with Crippen LogP contribution in [0, 0.1) is 12.3 Å². The van der Waals surface area contributed by atoms with Gasteiger partial charge in [0.1, 0.15) is 5.52 Å². The monoisotopic (exact) mass is 770 g/mol. The fraction of sp³-hybridized carbons (Fsp3) is 0.533. The molecule has 3 N–H and O–H groups in total. The highest BCUT2D eigenvalue weighted by Crippen LogP contribution is 2.68. The van der Waals surface area contributed by atoms with Gasteiger partial charge in [-0.25, -0.2) is 9.97 Å². The van der Waals surface area contributed by atoms with Gasteiger partial charge in [0.25, 0.3) is 5.91 Å². The van der Waals surface area contributed by atoms with E-state index in [-0.39, 0.29) is 35.2 Å². The third kappa shape index (κ3) is 5.64. The Kier molecular flexibility index (Phi) is 8.40. The van der Waals surface area contributed by atoms with Crippen LogP contribution in [0.25, 0.3) is 22.3 Å². The zero-order valence-corrected chi connectivity index (χ0v) is 33.6. The molecule has 4 saturated carbocycles. The van der Waals surface area contributed by atoms with Crippen molar-refractivity contribution >= 4 is 45.9 Å². The van der Waals surface area contributed by atoms with E-state index in [4.69, 9.17) is 9.97 Å². The third-order valence-corrected chi connectivity index (χ3v) is 14.5. The number of carbonyl (C=O) groups excluding carboxylic acids is 3. The Labute approximate surface area is 334 Å². The quantitative estimate of drug-likeness (QED) is 0.192. The lowest BCUT2D eigenvalue weighted by molar-refractivity contribution is -0.256. The van der Waals surface area contributed by atoms with Crippen LogP contribution in [-0.2, 0) is 15.0 Å².